The number of piperazine rings is 1. The first-order valence-electron chi connectivity index (χ1n) is 17.3. The Kier molecular flexibility index (Phi) is 18.6. The van der Waals surface area contributed by atoms with Crippen LogP contribution in [-0.2, 0) is 34.1 Å². The van der Waals surface area contributed by atoms with Crippen molar-refractivity contribution in [3.05, 3.63) is 100 Å². The van der Waals surface area contributed by atoms with E-state index < -0.39 is 45.7 Å². The van der Waals surface area contributed by atoms with Gasteiger partial charge in [0.2, 0.25) is 10.0 Å². The van der Waals surface area contributed by atoms with Crippen LogP contribution in [0.5, 0.6) is 0 Å². The molecule has 4 N–H and O–H groups in total. The first kappa shape index (κ1) is 45.0. The molecule has 3 aromatic carbocycles. The highest BCUT2D eigenvalue weighted by Gasteiger charge is 2.30. The molecule has 0 saturated carbocycles. The Morgan fingerprint density at radius 1 is 0.904 bits per heavy atom. The van der Waals surface area contributed by atoms with Gasteiger partial charge in [0, 0.05) is 70.0 Å². The molecular formula is C37H51Cl2F2N5O5S. The quantitative estimate of drug-likeness (QED) is 0.161. The average Bonchev–Trinajstić information content (AvgIpc) is 3.10. The minimum atomic E-state index is -4.06. The van der Waals surface area contributed by atoms with Gasteiger partial charge < -0.3 is 26.0 Å². The molecule has 288 valence electrons. The summed E-state index contributed by atoms with van der Waals surface area (Å²) in [5.74, 6) is -2.78. The van der Waals surface area contributed by atoms with Crippen LogP contribution in [0.25, 0.3) is 0 Å². The number of sulfonamides is 1. The van der Waals surface area contributed by atoms with Crippen LogP contribution < -0.4 is 16.4 Å². The minimum absolute atomic E-state index is 0. The fraction of sp³-hybridized carbons (Fsp3) is 0.459. The Morgan fingerprint density at radius 2 is 1.52 bits per heavy atom. The van der Waals surface area contributed by atoms with E-state index in [0.717, 1.165) is 23.6 Å². The number of nitrogens with one attached hydrogen (secondary N) is 2. The lowest BCUT2D eigenvalue weighted by molar-refractivity contribution is 0.0237. The smallest absolute Gasteiger partial charge is 0.338 e. The molecule has 0 aromatic heterocycles. The number of aryl methyl sites for hydroxylation is 1. The summed E-state index contributed by atoms with van der Waals surface area (Å²) in [7, 11) is -4.06. The summed E-state index contributed by atoms with van der Waals surface area (Å²) in [5.41, 5.74) is 8.94. The molecule has 15 heteroatoms. The molecule has 0 radical (unpaired) electrons. The van der Waals surface area contributed by atoms with E-state index in [-0.39, 0.29) is 72.5 Å². The lowest BCUT2D eigenvalue weighted by Crippen LogP contribution is -2.46. The molecule has 4 rings (SSSR count). The van der Waals surface area contributed by atoms with Crippen molar-refractivity contribution >= 4 is 46.7 Å². The standard InChI is InChI=1S/C37H49F2N5O5S.2ClH/c1-4-12-43(13-5-2)36(45)29-20-30(22-33(21-29)50(47,48)44-14-10-41-11-15-44)37(46)49-35(25-42-24-27-9-7-8-26(6-3)16-27)34(40)19-28-17-31(38)23-32(39)18-28;;/h7-9,16-18,20-23,34-35,41-42H,4-6,10-15,19,24-25,40H2,1-3H3;2*1H/t34-,35+;;/m0../s1. The number of nitrogens with zero attached hydrogens (tertiary/aromatic N) is 2. The van der Waals surface area contributed by atoms with Gasteiger partial charge in [0.05, 0.1) is 10.5 Å². The molecule has 2 atom stereocenters. The molecule has 0 spiro atoms. The Bertz CT molecular complexity index is 1700. The summed E-state index contributed by atoms with van der Waals surface area (Å²) in [6.07, 6.45) is 1.26. The van der Waals surface area contributed by atoms with Crippen LogP contribution in [0.3, 0.4) is 0 Å². The summed E-state index contributed by atoms with van der Waals surface area (Å²) >= 11 is 0. The number of carbonyl (C=O) groups excluding carboxylic acids is 2. The van der Waals surface area contributed by atoms with Gasteiger partial charge in [-0.2, -0.15) is 4.31 Å². The molecule has 0 bridgehead atoms. The van der Waals surface area contributed by atoms with Crippen LogP contribution >= 0.6 is 24.8 Å². The van der Waals surface area contributed by atoms with Crippen LogP contribution in [0.4, 0.5) is 8.78 Å². The van der Waals surface area contributed by atoms with Crippen LogP contribution in [-0.4, -0.2) is 87.5 Å². The van der Waals surface area contributed by atoms with Gasteiger partial charge in [0.25, 0.3) is 5.91 Å². The molecular weight excluding hydrogens is 735 g/mol. The number of benzene rings is 3. The second-order valence-corrected chi connectivity index (χ2v) is 14.5. The predicted molar refractivity (Wildman–Crippen MR) is 204 cm³/mol. The van der Waals surface area contributed by atoms with Crippen molar-refractivity contribution < 1.29 is 31.5 Å². The normalized spacial score (nSPS) is 14.4. The number of carbonyl (C=O) groups is 2. The maximum atomic E-state index is 14.0. The summed E-state index contributed by atoms with van der Waals surface area (Å²) in [6.45, 7) is 8.82. The van der Waals surface area contributed by atoms with Gasteiger partial charge in [0.15, 0.2) is 0 Å². The Morgan fingerprint density at radius 3 is 2.13 bits per heavy atom. The Hall–Kier alpha value is -3.17. The summed E-state index contributed by atoms with van der Waals surface area (Å²) in [5, 5.41) is 6.40. The molecule has 1 heterocycles. The van der Waals surface area contributed by atoms with E-state index in [0.29, 0.717) is 45.6 Å². The third-order valence-electron chi connectivity index (χ3n) is 8.58. The number of hydrogen-bond acceptors (Lipinski definition) is 8. The summed E-state index contributed by atoms with van der Waals surface area (Å²) in [4.78, 5) is 29.1. The largest absolute Gasteiger partial charge is 0.456 e. The number of hydrogen-bond donors (Lipinski definition) is 3. The van der Waals surface area contributed by atoms with E-state index in [1.54, 1.807) is 4.90 Å². The van der Waals surface area contributed by atoms with E-state index in [2.05, 4.69) is 23.6 Å². The van der Waals surface area contributed by atoms with Gasteiger partial charge in [-0.1, -0.05) is 45.0 Å². The molecule has 3 aromatic rings. The molecule has 0 unspecified atom stereocenters. The van der Waals surface area contributed by atoms with Crippen molar-refractivity contribution in [3.8, 4) is 0 Å². The van der Waals surface area contributed by atoms with Crippen LogP contribution in [0.15, 0.2) is 65.6 Å². The fourth-order valence-corrected chi connectivity index (χ4v) is 7.51. The zero-order valence-corrected chi connectivity index (χ0v) is 32.4. The number of esters is 1. The van der Waals surface area contributed by atoms with Gasteiger partial charge in [-0.3, -0.25) is 4.79 Å². The summed E-state index contributed by atoms with van der Waals surface area (Å²) < 4.78 is 62.9. The average molecular weight is 787 g/mol. The SMILES string of the molecule is CCCN(CCC)C(=O)c1cc(C(=O)O[C@H](CNCc2cccc(CC)c2)[C@@H](N)Cc2cc(F)cc(F)c2)cc(S(=O)(=O)N2CCNCC2)c1.Cl.Cl. The van der Waals surface area contributed by atoms with E-state index in [4.69, 9.17) is 10.5 Å². The maximum absolute atomic E-state index is 14.0. The lowest BCUT2D eigenvalue weighted by atomic mass is 10.0. The topological polar surface area (TPSA) is 134 Å². The highest BCUT2D eigenvalue weighted by molar-refractivity contribution is 7.89. The van der Waals surface area contributed by atoms with Gasteiger partial charge in [-0.05, 0) is 72.7 Å². The molecule has 0 aliphatic carbocycles. The zero-order valence-electron chi connectivity index (χ0n) is 29.9. The zero-order chi connectivity index (χ0) is 36.3. The number of ether oxygens (including phenoxy) is 1. The third kappa shape index (κ3) is 12.5. The van der Waals surface area contributed by atoms with Crippen molar-refractivity contribution in [2.24, 2.45) is 5.73 Å². The van der Waals surface area contributed by atoms with Gasteiger partial charge in [0.1, 0.15) is 17.7 Å². The number of halogens is 4. The maximum Gasteiger partial charge on any atom is 0.338 e. The van der Waals surface area contributed by atoms with Crippen LogP contribution in [0.1, 0.15) is 71.0 Å². The molecule has 1 aliphatic heterocycles. The van der Waals surface area contributed by atoms with Crippen LogP contribution in [0.2, 0.25) is 0 Å². The second-order valence-electron chi connectivity index (χ2n) is 12.6. The predicted octanol–water partition coefficient (Wildman–Crippen LogP) is 5.11. The van der Waals surface area contributed by atoms with Crippen molar-refractivity contribution in [2.45, 2.75) is 70.0 Å². The first-order chi connectivity index (χ1) is 23.9. The first-order valence-corrected chi connectivity index (χ1v) is 18.7. The van der Waals surface area contributed by atoms with Crippen LogP contribution in [0, 0.1) is 11.6 Å². The number of nitrogens with two attached hydrogens (primary N) is 1. The molecule has 1 amide bonds. The molecule has 1 fully saturated rings. The monoisotopic (exact) mass is 785 g/mol. The second kappa shape index (κ2) is 21.5. The van der Waals surface area contributed by atoms with Gasteiger partial charge in [-0.15, -0.1) is 24.8 Å². The van der Waals surface area contributed by atoms with Crippen molar-refractivity contribution in [3.63, 3.8) is 0 Å². The number of rotatable bonds is 17. The van der Waals surface area contributed by atoms with E-state index >= 15 is 0 Å². The van der Waals surface area contributed by atoms with Crippen molar-refractivity contribution in [2.75, 3.05) is 45.8 Å². The number of amides is 1. The van der Waals surface area contributed by atoms with E-state index in [9.17, 15) is 26.8 Å². The van der Waals surface area contributed by atoms with Gasteiger partial charge in [-0.25, -0.2) is 22.0 Å². The summed E-state index contributed by atoms with van der Waals surface area (Å²) in [6, 6.07) is 14.1. The lowest BCUT2D eigenvalue weighted by Gasteiger charge is -2.28. The van der Waals surface area contributed by atoms with Crippen molar-refractivity contribution in [1.29, 1.82) is 0 Å². The molecule has 52 heavy (non-hydrogen) atoms. The van der Waals surface area contributed by atoms with E-state index in [1.807, 2.05) is 32.0 Å². The third-order valence-corrected chi connectivity index (χ3v) is 10.5. The molecule has 1 aliphatic rings. The highest BCUT2D eigenvalue weighted by atomic mass is 35.5. The van der Waals surface area contributed by atoms with Gasteiger partial charge >= 0.3 is 5.97 Å². The minimum Gasteiger partial charge on any atom is -0.456 e. The fourth-order valence-electron chi connectivity index (χ4n) is 6.00. The molecule has 1 saturated heterocycles. The Labute approximate surface area is 318 Å². The molecule has 10 nitrogen and oxygen atoms in total. The highest BCUT2D eigenvalue weighted by Crippen LogP contribution is 2.23. The van der Waals surface area contributed by atoms with Crippen molar-refractivity contribution in [1.82, 2.24) is 19.8 Å². The Balaban J connectivity index is 0.00000468. The van der Waals surface area contributed by atoms with E-state index in [1.165, 1.54) is 34.6 Å².